The summed E-state index contributed by atoms with van der Waals surface area (Å²) in [4.78, 5) is 14.7. The van der Waals surface area contributed by atoms with Crippen molar-refractivity contribution in [1.29, 1.82) is 0 Å². The Morgan fingerprint density at radius 1 is 1.45 bits per heavy atom. The van der Waals surface area contributed by atoms with Crippen molar-refractivity contribution >= 4 is 21.7 Å². The van der Waals surface area contributed by atoms with Crippen LogP contribution in [0.3, 0.4) is 0 Å². The number of anilines is 1. The van der Waals surface area contributed by atoms with Gasteiger partial charge in [0, 0.05) is 11.9 Å². The average Bonchev–Trinajstić information content (AvgIpc) is 2.99. The molecular weight excluding hydrogens is 280 g/mol. The number of hydrogen-bond acceptors (Lipinski definition) is 4. The number of aryl methyl sites for hydroxylation is 1. The molecule has 7 heteroatoms. The van der Waals surface area contributed by atoms with Gasteiger partial charge in [-0.3, -0.25) is 4.72 Å². The number of aromatic nitrogens is 1. The third-order valence-electron chi connectivity index (χ3n) is 3.55. The number of hydrogen-bond donors (Lipinski definition) is 2. The summed E-state index contributed by atoms with van der Waals surface area (Å²) in [7, 11) is -3.45. The van der Waals surface area contributed by atoms with Gasteiger partial charge in [0.05, 0.1) is 17.5 Å². The Bertz CT molecular complexity index is 586. The van der Waals surface area contributed by atoms with Crippen molar-refractivity contribution in [3.63, 3.8) is 0 Å². The second kappa shape index (κ2) is 5.87. The van der Waals surface area contributed by atoms with E-state index in [0.29, 0.717) is 18.5 Å². The summed E-state index contributed by atoms with van der Waals surface area (Å²) in [6.45, 7) is 3.67. The van der Waals surface area contributed by atoms with Crippen molar-refractivity contribution < 1.29 is 17.9 Å². The standard InChI is InChI=1S/C13H20N2O4S/c1-3-19-13(16)12-9(2)14-8-11(12)15-20(17,18)10-6-4-5-7-10/h8,10,14-15H,3-7H2,1-2H3. The number of sulfonamides is 1. The van der Waals surface area contributed by atoms with Crippen molar-refractivity contribution in [2.24, 2.45) is 0 Å². The minimum absolute atomic E-state index is 0.248. The summed E-state index contributed by atoms with van der Waals surface area (Å²) in [6, 6.07) is 0. The minimum Gasteiger partial charge on any atom is -0.462 e. The third kappa shape index (κ3) is 2.98. The maximum Gasteiger partial charge on any atom is 0.342 e. The highest BCUT2D eigenvalue weighted by molar-refractivity contribution is 7.93. The molecule has 0 saturated heterocycles. The largest absolute Gasteiger partial charge is 0.462 e. The summed E-state index contributed by atoms with van der Waals surface area (Å²) < 4.78 is 32.0. The SMILES string of the molecule is CCOC(=O)c1c(NS(=O)(=O)C2CCCC2)c[nH]c1C. The molecule has 0 aliphatic heterocycles. The highest BCUT2D eigenvalue weighted by Crippen LogP contribution is 2.28. The lowest BCUT2D eigenvalue weighted by Crippen LogP contribution is -2.26. The van der Waals surface area contributed by atoms with Crippen LogP contribution in [0.15, 0.2) is 6.20 Å². The fraction of sp³-hybridized carbons (Fsp3) is 0.615. The molecule has 1 aliphatic carbocycles. The second-order valence-corrected chi connectivity index (χ2v) is 6.94. The first-order valence-corrected chi connectivity index (χ1v) is 8.37. The summed E-state index contributed by atoms with van der Waals surface area (Å²) in [5.74, 6) is -0.518. The molecule has 0 unspecified atom stereocenters. The molecule has 6 nitrogen and oxygen atoms in total. The highest BCUT2D eigenvalue weighted by atomic mass is 32.2. The van der Waals surface area contributed by atoms with Gasteiger partial charge in [0.15, 0.2) is 0 Å². The van der Waals surface area contributed by atoms with Crippen LogP contribution in [0.4, 0.5) is 5.69 Å². The summed E-state index contributed by atoms with van der Waals surface area (Å²) in [5, 5.41) is -0.368. The molecule has 112 valence electrons. The van der Waals surface area contributed by atoms with E-state index < -0.39 is 16.0 Å². The summed E-state index contributed by atoms with van der Waals surface area (Å²) >= 11 is 0. The topological polar surface area (TPSA) is 88.3 Å². The maximum absolute atomic E-state index is 12.3. The first kappa shape index (κ1) is 14.9. The van der Waals surface area contributed by atoms with Crippen LogP contribution >= 0.6 is 0 Å². The molecule has 0 aromatic carbocycles. The second-order valence-electron chi connectivity index (χ2n) is 4.98. The number of carbonyl (C=O) groups excluding carboxylic acids is 1. The number of H-pyrrole nitrogens is 1. The molecular formula is C13H20N2O4S. The lowest BCUT2D eigenvalue weighted by Gasteiger charge is -2.13. The molecule has 1 heterocycles. The van der Waals surface area contributed by atoms with Crippen LogP contribution in [0, 0.1) is 6.92 Å². The number of nitrogens with one attached hydrogen (secondary N) is 2. The molecule has 1 aromatic rings. The van der Waals surface area contributed by atoms with Crippen LogP contribution in [0.5, 0.6) is 0 Å². The van der Waals surface area contributed by atoms with Crippen LogP contribution in [0.25, 0.3) is 0 Å². The maximum atomic E-state index is 12.3. The van der Waals surface area contributed by atoms with Gasteiger partial charge in [0.2, 0.25) is 10.0 Å². The summed E-state index contributed by atoms with van der Waals surface area (Å²) in [6.07, 6.45) is 4.71. The number of aromatic amines is 1. The fourth-order valence-electron chi connectivity index (χ4n) is 2.51. The molecule has 1 aliphatic rings. The summed E-state index contributed by atoms with van der Waals surface area (Å²) in [5.41, 5.74) is 1.12. The van der Waals surface area contributed by atoms with E-state index >= 15 is 0 Å². The van der Waals surface area contributed by atoms with Gasteiger partial charge in [-0.05, 0) is 26.7 Å². The predicted octanol–water partition coefficient (Wildman–Crippen LogP) is 2.18. The average molecular weight is 300 g/mol. The van der Waals surface area contributed by atoms with Crippen LogP contribution in [0.2, 0.25) is 0 Å². The molecule has 0 radical (unpaired) electrons. The first-order chi connectivity index (χ1) is 9.45. The normalized spacial score (nSPS) is 16.3. The van der Waals surface area contributed by atoms with E-state index in [-0.39, 0.29) is 23.1 Å². The first-order valence-electron chi connectivity index (χ1n) is 6.82. The van der Waals surface area contributed by atoms with Gasteiger partial charge >= 0.3 is 5.97 Å². The van der Waals surface area contributed by atoms with E-state index in [1.807, 2.05) is 0 Å². The lowest BCUT2D eigenvalue weighted by molar-refractivity contribution is 0.0527. The van der Waals surface area contributed by atoms with E-state index in [4.69, 9.17) is 4.74 Å². The van der Waals surface area contributed by atoms with E-state index in [1.165, 1.54) is 6.20 Å². The van der Waals surface area contributed by atoms with Gasteiger partial charge in [-0.25, -0.2) is 13.2 Å². The molecule has 20 heavy (non-hydrogen) atoms. The third-order valence-corrected chi connectivity index (χ3v) is 5.40. The van der Waals surface area contributed by atoms with E-state index in [1.54, 1.807) is 13.8 Å². The van der Waals surface area contributed by atoms with Crippen molar-refractivity contribution in [2.45, 2.75) is 44.8 Å². The zero-order chi connectivity index (χ0) is 14.8. The van der Waals surface area contributed by atoms with Crippen molar-refractivity contribution in [2.75, 3.05) is 11.3 Å². The molecule has 0 amide bonds. The van der Waals surface area contributed by atoms with Crippen molar-refractivity contribution in [3.05, 3.63) is 17.5 Å². The Hall–Kier alpha value is -1.50. The van der Waals surface area contributed by atoms with E-state index in [9.17, 15) is 13.2 Å². The van der Waals surface area contributed by atoms with Crippen LogP contribution in [0.1, 0.15) is 48.7 Å². The van der Waals surface area contributed by atoms with Crippen LogP contribution in [-0.4, -0.2) is 31.2 Å². The van der Waals surface area contributed by atoms with Crippen molar-refractivity contribution in [1.82, 2.24) is 4.98 Å². The Balaban J connectivity index is 2.23. The van der Waals surface area contributed by atoms with E-state index in [2.05, 4.69) is 9.71 Å². The van der Waals surface area contributed by atoms with Crippen LogP contribution in [-0.2, 0) is 14.8 Å². The Kier molecular flexibility index (Phi) is 4.37. The molecule has 0 bridgehead atoms. The van der Waals surface area contributed by atoms with Crippen LogP contribution < -0.4 is 4.72 Å². The fourth-order valence-corrected chi connectivity index (χ4v) is 4.10. The Morgan fingerprint density at radius 3 is 2.70 bits per heavy atom. The van der Waals surface area contributed by atoms with Crippen molar-refractivity contribution in [3.8, 4) is 0 Å². The van der Waals surface area contributed by atoms with Gasteiger partial charge < -0.3 is 9.72 Å². The van der Waals surface area contributed by atoms with Gasteiger partial charge in [-0.2, -0.15) is 0 Å². The Labute approximate surface area is 119 Å². The quantitative estimate of drug-likeness (QED) is 0.816. The number of carbonyl (C=O) groups is 1. The zero-order valence-corrected chi connectivity index (χ0v) is 12.5. The molecule has 1 saturated carbocycles. The molecule has 1 aromatic heterocycles. The number of ether oxygens (including phenoxy) is 1. The van der Waals surface area contributed by atoms with Gasteiger partial charge in [0.25, 0.3) is 0 Å². The van der Waals surface area contributed by atoms with E-state index in [0.717, 1.165) is 12.8 Å². The predicted molar refractivity (Wildman–Crippen MR) is 76.3 cm³/mol. The molecule has 2 rings (SSSR count). The number of rotatable bonds is 5. The molecule has 1 fully saturated rings. The van der Waals surface area contributed by atoms with Gasteiger partial charge in [-0.15, -0.1) is 0 Å². The number of esters is 1. The Morgan fingerprint density at radius 2 is 2.10 bits per heavy atom. The van der Waals surface area contributed by atoms with Gasteiger partial charge in [0.1, 0.15) is 5.56 Å². The molecule has 0 atom stereocenters. The van der Waals surface area contributed by atoms with Gasteiger partial charge in [-0.1, -0.05) is 12.8 Å². The highest BCUT2D eigenvalue weighted by Gasteiger charge is 2.30. The molecule has 2 N–H and O–H groups in total. The smallest absolute Gasteiger partial charge is 0.342 e. The lowest BCUT2D eigenvalue weighted by atomic mass is 10.2. The monoisotopic (exact) mass is 300 g/mol. The molecule has 0 spiro atoms. The zero-order valence-electron chi connectivity index (χ0n) is 11.7. The minimum atomic E-state index is -3.45.